The van der Waals surface area contributed by atoms with Gasteiger partial charge in [0, 0.05) is 18.0 Å². The molecule has 2 saturated heterocycles. The van der Waals surface area contributed by atoms with Gasteiger partial charge in [-0.1, -0.05) is 18.2 Å². The predicted molar refractivity (Wildman–Crippen MR) is 85.1 cm³/mol. The number of hydrogen-bond donors (Lipinski definition) is 1. The van der Waals surface area contributed by atoms with Crippen LogP contribution in [0.25, 0.3) is 0 Å². The topological polar surface area (TPSA) is 32.3 Å². The van der Waals surface area contributed by atoms with Crippen molar-refractivity contribution < 1.29 is 9.18 Å². The summed E-state index contributed by atoms with van der Waals surface area (Å²) in [6.07, 6.45) is 1.58. The van der Waals surface area contributed by atoms with Crippen molar-refractivity contribution >= 4 is 5.91 Å². The van der Waals surface area contributed by atoms with Gasteiger partial charge in [0.15, 0.2) is 0 Å². The summed E-state index contributed by atoms with van der Waals surface area (Å²) >= 11 is 0. The van der Waals surface area contributed by atoms with Crippen LogP contribution in [-0.2, 0) is 4.79 Å². The van der Waals surface area contributed by atoms with E-state index in [0.717, 1.165) is 25.9 Å². The Morgan fingerprint density at radius 1 is 1.23 bits per heavy atom. The van der Waals surface area contributed by atoms with Gasteiger partial charge in [-0.3, -0.25) is 4.79 Å². The second-order valence-corrected chi connectivity index (χ2v) is 7.57. The van der Waals surface area contributed by atoms with Crippen LogP contribution in [0.3, 0.4) is 0 Å². The number of halogens is 1. The molecule has 0 aromatic heterocycles. The monoisotopic (exact) mass is 304 g/mol. The summed E-state index contributed by atoms with van der Waals surface area (Å²) in [7, 11) is 0. The first kappa shape index (κ1) is 15.5. The third kappa shape index (κ3) is 2.34. The molecule has 1 aromatic rings. The largest absolute Gasteiger partial charge is 0.337 e. The van der Waals surface area contributed by atoms with E-state index < -0.39 is 5.41 Å². The third-order valence-corrected chi connectivity index (χ3v) is 5.29. The first-order chi connectivity index (χ1) is 10.4. The number of nitrogens with one attached hydrogen (secondary N) is 1. The van der Waals surface area contributed by atoms with E-state index in [9.17, 15) is 9.18 Å². The van der Waals surface area contributed by atoms with Gasteiger partial charge >= 0.3 is 0 Å². The molecule has 0 unspecified atom stereocenters. The van der Waals surface area contributed by atoms with Crippen molar-refractivity contribution in [3.63, 3.8) is 0 Å². The van der Waals surface area contributed by atoms with E-state index in [1.54, 1.807) is 6.07 Å². The molecular weight excluding hydrogens is 279 g/mol. The molecule has 0 bridgehead atoms. The van der Waals surface area contributed by atoms with Gasteiger partial charge in [0.25, 0.3) is 0 Å². The number of nitrogens with zero attached hydrogens (tertiary/aromatic N) is 1. The molecule has 22 heavy (non-hydrogen) atoms. The predicted octanol–water partition coefficient (Wildman–Crippen LogP) is 2.92. The van der Waals surface area contributed by atoms with Gasteiger partial charge in [0.1, 0.15) is 5.82 Å². The SMILES string of the molecule is CC(C)(C)N1C[C@@H](c2ccccc2F)C2(CCNCC2)C1=O. The molecule has 120 valence electrons. The van der Waals surface area contributed by atoms with Crippen LogP contribution in [0.4, 0.5) is 4.39 Å². The Hall–Kier alpha value is -1.42. The van der Waals surface area contributed by atoms with E-state index in [2.05, 4.69) is 26.1 Å². The highest BCUT2D eigenvalue weighted by molar-refractivity contribution is 5.87. The number of rotatable bonds is 1. The number of hydrogen-bond acceptors (Lipinski definition) is 2. The van der Waals surface area contributed by atoms with Crippen LogP contribution >= 0.6 is 0 Å². The summed E-state index contributed by atoms with van der Waals surface area (Å²) in [5.41, 5.74) is 0.0277. The number of amides is 1. The highest BCUT2D eigenvalue weighted by Gasteiger charge is 2.56. The minimum atomic E-state index is -0.444. The summed E-state index contributed by atoms with van der Waals surface area (Å²) in [6.45, 7) is 8.45. The second-order valence-electron chi connectivity index (χ2n) is 7.57. The molecule has 0 aliphatic carbocycles. The van der Waals surface area contributed by atoms with Crippen LogP contribution < -0.4 is 5.32 Å². The lowest BCUT2D eigenvalue weighted by Gasteiger charge is -2.38. The van der Waals surface area contributed by atoms with Gasteiger partial charge in [-0.05, 0) is 58.3 Å². The average Bonchev–Trinajstić information content (AvgIpc) is 2.74. The fraction of sp³-hybridized carbons (Fsp3) is 0.611. The number of benzene rings is 1. The van der Waals surface area contributed by atoms with E-state index in [1.807, 2.05) is 17.0 Å². The molecular formula is C18H25FN2O. The second kappa shape index (κ2) is 5.34. The van der Waals surface area contributed by atoms with Gasteiger partial charge in [0.2, 0.25) is 5.91 Å². The quantitative estimate of drug-likeness (QED) is 0.865. The van der Waals surface area contributed by atoms with E-state index in [4.69, 9.17) is 0 Å². The number of likely N-dealkylation sites (tertiary alicyclic amines) is 1. The summed E-state index contributed by atoms with van der Waals surface area (Å²) in [4.78, 5) is 15.2. The molecule has 1 N–H and O–H groups in total. The Bertz CT molecular complexity index is 573. The molecule has 1 atom stereocenters. The Labute approximate surface area is 131 Å². The van der Waals surface area contributed by atoms with Crippen molar-refractivity contribution in [2.75, 3.05) is 19.6 Å². The zero-order valence-electron chi connectivity index (χ0n) is 13.7. The Morgan fingerprint density at radius 2 is 1.86 bits per heavy atom. The van der Waals surface area contributed by atoms with Crippen LogP contribution in [0.5, 0.6) is 0 Å². The Kier molecular flexibility index (Phi) is 3.76. The van der Waals surface area contributed by atoms with Crippen molar-refractivity contribution in [3.8, 4) is 0 Å². The molecule has 3 rings (SSSR count). The average molecular weight is 304 g/mol. The van der Waals surface area contributed by atoms with Crippen molar-refractivity contribution in [1.82, 2.24) is 10.2 Å². The van der Waals surface area contributed by atoms with E-state index >= 15 is 0 Å². The lowest BCUT2D eigenvalue weighted by molar-refractivity contribution is -0.141. The highest BCUT2D eigenvalue weighted by atomic mass is 19.1. The maximum absolute atomic E-state index is 14.4. The van der Waals surface area contributed by atoms with Crippen molar-refractivity contribution in [2.24, 2.45) is 5.41 Å². The zero-order valence-corrected chi connectivity index (χ0v) is 13.7. The number of piperidine rings is 1. The molecule has 2 heterocycles. The highest BCUT2D eigenvalue weighted by Crippen LogP contribution is 2.51. The molecule has 3 nitrogen and oxygen atoms in total. The molecule has 1 spiro atoms. The Balaban J connectivity index is 2.06. The normalized spacial score (nSPS) is 25.0. The van der Waals surface area contributed by atoms with Gasteiger partial charge in [-0.15, -0.1) is 0 Å². The lowest BCUT2D eigenvalue weighted by atomic mass is 9.68. The first-order valence-electron chi connectivity index (χ1n) is 8.13. The van der Waals surface area contributed by atoms with Crippen LogP contribution in [0, 0.1) is 11.2 Å². The van der Waals surface area contributed by atoms with Crippen molar-refractivity contribution in [1.29, 1.82) is 0 Å². The standard InChI is InChI=1S/C18H25FN2O/c1-17(2,3)21-12-14(13-6-4-5-7-15(13)19)18(16(21)22)8-10-20-11-9-18/h4-7,14,20H,8-12H2,1-3H3/t14-/m0/s1. The van der Waals surface area contributed by atoms with Gasteiger partial charge in [0.05, 0.1) is 5.41 Å². The van der Waals surface area contributed by atoms with Crippen molar-refractivity contribution in [2.45, 2.75) is 45.1 Å². The first-order valence-corrected chi connectivity index (χ1v) is 8.13. The fourth-order valence-corrected chi connectivity index (χ4v) is 4.03. The smallest absolute Gasteiger partial charge is 0.230 e. The molecule has 1 aromatic carbocycles. The number of carbonyl (C=O) groups excluding carboxylic acids is 1. The van der Waals surface area contributed by atoms with E-state index in [0.29, 0.717) is 12.1 Å². The molecule has 2 fully saturated rings. The maximum Gasteiger partial charge on any atom is 0.230 e. The van der Waals surface area contributed by atoms with Crippen LogP contribution in [0.2, 0.25) is 0 Å². The molecule has 0 saturated carbocycles. The molecule has 0 radical (unpaired) electrons. The fourth-order valence-electron chi connectivity index (χ4n) is 4.03. The number of carbonyl (C=O) groups is 1. The van der Waals surface area contributed by atoms with E-state index in [-0.39, 0.29) is 23.2 Å². The van der Waals surface area contributed by atoms with E-state index in [1.165, 1.54) is 6.07 Å². The summed E-state index contributed by atoms with van der Waals surface area (Å²) < 4.78 is 14.4. The minimum Gasteiger partial charge on any atom is -0.337 e. The molecule has 2 aliphatic heterocycles. The summed E-state index contributed by atoms with van der Waals surface area (Å²) in [5, 5.41) is 3.33. The molecule has 4 heteroatoms. The van der Waals surface area contributed by atoms with Crippen LogP contribution in [0.1, 0.15) is 45.1 Å². The lowest BCUT2D eigenvalue weighted by Crippen LogP contribution is -2.48. The van der Waals surface area contributed by atoms with Crippen LogP contribution in [0.15, 0.2) is 24.3 Å². The van der Waals surface area contributed by atoms with Gasteiger partial charge < -0.3 is 10.2 Å². The zero-order chi connectivity index (χ0) is 16.0. The summed E-state index contributed by atoms with van der Waals surface area (Å²) in [5.74, 6) is -0.0359. The summed E-state index contributed by atoms with van der Waals surface area (Å²) in [6, 6.07) is 6.95. The molecule has 2 aliphatic rings. The van der Waals surface area contributed by atoms with Crippen molar-refractivity contribution in [3.05, 3.63) is 35.6 Å². The maximum atomic E-state index is 14.4. The van der Waals surface area contributed by atoms with Crippen LogP contribution in [-0.4, -0.2) is 36.0 Å². The minimum absolute atomic E-state index is 0.0532. The third-order valence-electron chi connectivity index (χ3n) is 5.29. The van der Waals surface area contributed by atoms with Gasteiger partial charge in [-0.2, -0.15) is 0 Å². The van der Waals surface area contributed by atoms with Gasteiger partial charge in [-0.25, -0.2) is 4.39 Å². The molecule has 1 amide bonds. The Morgan fingerprint density at radius 3 is 2.45 bits per heavy atom.